The van der Waals surface area contributed by atoms with Crippen molar-refractivity contribution in [1.29, 1.82) is 0 Å². The zero-order valence-corrected chi connectivity index (χ0v) is 11.1. The second-order valence-corrected chi connectivity index (χ2v) is 4.49. The molecular formula is C16H10F4O2. The summed E-state index contributed by atoms with van der Waals surface area (Å²) in [6, 6.07) is 8.90. The summed E-state index contributed by atoms with van der Waals surface area (Å²) in [5.41, 5.74) is -0.397. The molecule has 2 nitrogen and oxygen atoms in total. The summed E-state index contributed by atoms with van der Waals surface area (Å²) in [5.74, 6) is -1.77. The average molecular weight is 310 g/mol. The van der Waals surface area contributed by atoms with Gasteiger partial charge in [0.2, 0.25) is 0 Å². The van der Waals surface area contributed by atoms with Crippen LogP contribution in [0.2, 0.25) is 0 Å². The van der Waals surface area contributed by atoms with Crippen LogP contribution in [-0.4, -0.2) is 11.1 Å². The quantitative estimate of drug-likeness (QED) is 0.516. The number of aliphatic carboxylic acids is 1. The van der Waals surface area contributed by atoms with Gasteiger partial charge in [0.1, 0.15) is 5.82 Å². The molecule has 0 saturated heterocycles. The molecule has 0 unspecified atom stereocenters. The number of hydrogen-bond acceptors (Lipinski definition) is 1. The molecule has 114 valence electrons. The van der Waals surface area contributed by atoms with Crippen LogP contribution in [-0.2, 0) is 11.0 Å². The van der Waals surface area contributed by atoms with E-state index in [4.69, 9.17) is 0 Å². The van der Waals surface area contributed by atoms with E-state index < -0.39 is 23.5 Å². The molecule has 2 aromatic rings. The Balaban J connectivity index is 2.38. The van der Waals surface area contributed by atoms with E-state index in [0.717, 1.165) is 24.3 Å². The molecule has 0 bridgehead atoms. The van der Waals surface area contributed by atoms with Crippen LogP contribution in [0.4, 0.5) is 17.6 Å². The summed E-state index contributed by atoms with van der Waals surface area (Å²) in [5, 5.41) is 9.20. The molecule has 0 aliphatic rings. The van der Waals surface area contributed by atoms with Crippen LogP contribution in [0.3, 0.4) is 0 Å². The Morgan fingerprint density at radius 2 is 1.50 bits per heavy atom. The molecule has 0 spiro atoms. The van der Waals surface area contributed by atoms with Gasteiger partial charge in [-0.25, -0.2) is 9.18 Å². The number of benzene rings is 2. The van der Waals surface area contributed by atoms with Crippen LogP contribution in [0.15, 0.2) is 48.5 Å². The van der Waals surface area contributed by atoms with Gasteiger partial charge >= 0.3 is 12.1 Å². The van der Waals surface area contributed by atoms with Gasteiger partial charge in [-0.2, -0.15) is 13.2 Å². The van der Waals surface area contributed by atoms with Gasteiger partial charge in [-0.1, -0.05) is 24.3 Å². The highest BCUT2D eigenvalue weighted by Gasteiger charge is 2.29. The van der Waals surface area contributed by atoms with Crippen molar-refractivity contribution in [2.45, 2.75) is 6.18 Å². The topological polar surface area (TPSA) is 37.3 Å². The van der Waals surface area contributed by atoms with Crippen LogP contribution in [0.25, 0.3) is 11.6 Å². The highest BCUT2D eigenvalue weighted by Crippen LogP contribution is 2.29. The molecule has 22 heavy (non-hydrogen) atoms. The lowest BCUT2D eigenvalue weighted by Crippen LogP contribution is -2.04. The Labute approximate surface area is 123 Å². The molecular weight excluding hydrogens is 300 g/mol. The van der Waals surface area contributed by atoms with Crippen LogP contribution >= 0.6 is 0 Å². The van der Waals surface area contributed by atoms with Crippen molar-refractivity contribution in [2.24, 2.45) is 0 Å². The van der Waals surface area contributed by atoms with E-state index in [9.17, 15) is 27.5 Å². The van der Waals surface area contributed by atoms with Crippen molar-refractivity contribution >= 4 is 17.6 Å². The van der Waals surface area contributed by atoms with Crippen molar-refractivity contribution in [3.05, 3.63) is 71.0 Å². The summed E-state index contributed by atoms with van der Waals surface area (Å²) in [6.45, 7) is 0. The fraction of sp³-hybridized carbons (Fsp3) is 0.0625. The molecule has 0 saturated carbocycles. The number of carbonyl (C=O) groups is 1. The smallest absolute Gasteiger partial charge is 0.416 e. The van der Waals surface area contributed by atoms with Crippen LogP contribution < -0.4 is 0 Å². The van der Waals surface area contributed by atoms with Crippen molar-refractivity contribution < 1.29 is 27.5 Å². The Morgan fingerprint density at radius 3 is 1.95 bits per heavy atom. The maximum absolute atomic E-state index is 12.9. The maximum atomic E-state index is 12.9. The molecule has 0 radical (unpaired) electrons. The number of hydrogen-bond donors (Lipinski definition) is 1. The average Bonchev–Trinajstić information content (AvgIpc) is 2.45. The highest BCUT2D eigenvalue weighted by atomic mass is 19.4. The van der Waals surface area contributed by atoms with E-state index in [2.05, 4.69) is 0 Å². The van der Waals surface area contributed by atoms with E-state index in [0.29, 0.717) is 5.56 Å². The van der Waals surface area contributed by atoms with Crippen molar-refractivity contribution in [2.75, 3.05) is 0 Å². The maximum Gasteiger partial charge on any atom is 0.416 e. The van der Waals surface area contributed by atoms with E-state index in [1.54, 1.807) is 0 Å². The van der Waals surface area contributed by atoms with Crippen molar-refractivity contribution in [3.63, 3.8) is 0 Å². The molecule has 0 amide bonds. The second-order valence-electron chi connectivity index (χ2n) is 4.49. The van der Waals surface area contributed by atoms with Crippen LogP contribution in [0.1, 0.15) is 16.7 Å². The van der Waals surface area contributed by atoms with Gasteiger partial charge < -0.3 is 5.11 Å². The molecule has 0 heterocycles. The van der Waals surface area contributed by atoms with Gasteiger partial charge in [0.15, 0.2) is 0 Å². The SMILES string of the molecule is O=C(O)/C(=C\c1ccc(C(F)(F)F)cc1)c1ccc(F)cc1. The van der Waals surface area contributed by atoms with Gasteiger partial charge in [0.05, 0.1) is 11.1 Å². The Kier molecular flexibility index (Phi) is 4.30. The van der Waals surface area contributed by atoms with Gasteiger partial charge in [0.25, 0.3) is 0 Å². The molecule has 0 aliphatic carbocycles. The zero-order chi connectivity index (χ0) is 16.3. The first-order valence-electron chi connectivity index (χ1n) is 6.15. The number of carboxylic acid groups (broad SMARTS) is 1. The van der Waals surface area contributed by atoms with Crippen LogP contribution in [0.5, 0.6) is 0 Å². The standard InChI is InChI=1S/C16H10F4O2/c17-13-7-3-11(4-8-13)14(15(21)22)9-10-1-5-12(6-2-10)16(18,19)20/h1-9H,(H,21,22)/b14-9-. The minimum Gasteiger partial charge on any atom is -0.478 e. The minimum atomic E-state index is -4.45. The van der Waals surface area contributed by atoms with E-state index in [1.165, 1.54) is 30.3 Å². The lowest BCUT2D eigenvalue weighted by Gasteiger charge is -2.07. The number of carboxylic acids is 1. The Hall–Kier alpha value is -2.63. The number of halogens is 4. The second kappa shape index (κ2) is 6.01. The van der Waals surface area contributed by atoms with Gasteiger partial charge in [-0.3, -0.25) is 0 Å². The predicted molar refractivity (Wildman–Crippen MR) is 73.4 cm³/mol. The van der Waals surface area contributed by atoms with Gasteiger partial charge in [-0.15, -0.1) is 0 Å². The molecule has 6 heteroatoms. The van der Waals surface area contributed by atoms with Crippen LogP contribution in [0, 0.1) is 5.82 Å². The minimum absolute atomic E-state index is 0.139. The Bertz CT molecular complexity index is 698. The molecule has 0 aromatic heterocycles. The van der Waals surface area contributed by atoms with Crippen molar-refractivity contribution in [3.8, 4) is 0 Å². The molecule has 0 atom stereocenters. The third kappa shape index (κ3) is 3.72. The third-order valence-electron chi connectivity index (χ3n) is 2.93. The first kappa shape index (κ1) is 15.8. The molecule has 0 aliphatic heterocycles. The normalized spacial score (nSPS) is 12.3. The fourth-order valence-corrected chi connectivity index (χ4v) is 1.83. The predicted octanol–water partition coefficient (Wildman–Crippen LogP) is 4.47. The summed E-state index contributed by atoms with van der Waals surface area (Å²) in [6.07, 6.45) is -3.22. The summed E-state index contributed by atoms with van der Waals surface area (Å²) in [4.78, 5) is 11.3. The third-order valence-corrected chi connectivity index (χ3v) is 2.93. The molecule has 2 rings (SSSR count). The zero-order valence-electron chi connectivity index (χ0n) is 11.1. The highest BCUT2D eigenvalue weighted by molar-refractivity contribution is 6.20. The molecule has 1 N–H and O–H groups in total. The first-order valence-corrected chi connectivity index (χ1v) is 6.15. The van der Waals surface area contributed by atoms with Gasteiger partial charge in [-0.05, 0) is 41.5 Å². The Morgan fingerprint density at radius 1 is 0.955 bits per heavy atom. The van der Waals surface area contributed by atoms with E-state index in [-0.39, 0.29) is 11.1 Å². The molecule has 0 fully saturated rings. The largest absolute Gasteiger partial charge is 0.478 e. The summed E-state index contributed by atoms with van der Waals surface area (Å²) >= 11 is 0. The van der Waals surface area contributed by atoms with E-state index >= 15 is 0 Å². The summed E-state index contributed by atoms with van der Waals surface area (Å²) < 4.78 is 50.3. The van der Waals surface area contributed by atoms with Gasteiger partial charge in [0, 0.05) is 0 Å². The van der Waals surface area contributed by atoms with Crippen molar-refractivity contribution in [1.82, 2.24) is 0 Å². The first-order chi connectivity index (χ1) is 10.3. The summed E-state index contributed by atoms with van der Waals surface area (Å²) in [7, 11) is 0. The number of rotatable bonds is 3. The fourth-order valence-electron chi connectivity index (χ4n) is 1.83. The lowest BCUT2D eigenvalue weighted by atomic mass is 10.0. The molecule has 2 aromatic carbocycles. The lowest BCUT2D eigenvalue weighted by molar-refractivity contribution is -0.137. The van der Waals surface area contributed by atoms with E-state index in [1.807, 2.05) is 0 Å². The monoisotopic (exact) mass is 310 g/mol. The number of alkyl halides is 3.